The number of aryl methyl sites for hydroxylation is 2. The van der Waals surface area contributed by atoms with Crippen LogP contribution in [0, 0.1) is 19.7 Å². The second-order valence-electron chi connectivity index (χ2n) is 9.35. The number of cyclic esters (lactones) is 1. The lowest BCUT2D eigenvalue weighted by molar-refractivity contribution is -0.121. The van der Waals surface area contributed by atoms with Gasteiger partial charge in [0.05, 0.1) is 24.5 Å². The quantitative estimate of drug-likeness (QED) is 0.560. The van der Waals surface area contributed by atoms with Gasteiger partial charge in [-0.05, 0) is 56.9 Å². The Kier molecular flexibility index (Phi) is 7.68. The predicted molar refractivity (Wildman–Crippen MR) is 133 cm³/mol. The average molecular weight is 482 g/mol. The summed E-state index contributed by atoms with van der Waals surface area (Å²) in [7, 11) is 0. The molecule has 0 saturated carbocycles. The monoisotopic (exact) mass is 481 g/mol. The van der Waals surface area contributed by atoms with Crippen LogP contribution in [0.1, 0.15) is 53.6 Å². The van der Waals surface area contributed by atoms with E-state index in [0.717, 1.165) is 43.5 Å². The number of carbonyl (C=O) groups is 3. The van der Waals surface area contributed by atoms with Gasteiger partial charge in [0, 0.05) is 31.5 Å². The van der Waals surface area contributed by atoms with E-state index in [9.17, 15) is 18.8 Å². The Balaban J connectivity index is 1.26. The van der Waals surface area contributed by atoms with E-state index in [0.29, 0.717) is 16.9 Å². The number of amides is 2. The number of anilines is 2. The van der Waals surface area contributed by atoms with Crippen molar-refractivity contribution in [3.05, 3.63) is 58.9 Å². The van der Waals surface area contributed by atoms with Crippen LogP contribution in [0.25, 0.3) is 0 Å². The standard InChI is InChI=1S/C27H32FN3O4/c1-18-6-8-22(19(2)14-18)25(32)10-11-26(33)29-16-21-17-31(27(34)35-21)20-7-9-24(23(28)15-20)30-12-4-3-5-13-30/h6-9,14-15,21H,3-5,10-13,16-17H2,1-2H3,(H,29,33). The van der Waals surface area contributed by atoms with Gasteiger partial charge >= 0.3 is 6.09 Å². The van der Waals surface area contributed by atoms with Gasteiger partial charge in [-0.15, -0.1) is 0 Å². The zero-order valence-electron chi connectivity index (χ0n) is 20.3. The first kappa shape index (κ1) is 24.7. The maximum Gasteiger partial charge on any atom is 0.414 e. The highest BCUT2D eigenvalue weighted by Gasteiger charge is 2.33. The van der Waals surface area contributed by atoms with Gasteiger partial charge in [0.1, 0.15) is 11.9 Å². The molecule has 1 atom stereocenters. The lowest BCUT2D eigenvalue weighted by Crippen LogP contribution is -2.34. The summed E-state index contributed by atoms with van der Waals surface area (Å²) in [6.07, 6.45) is 2.30. The molecule has 2 aromatic rings. The molecule has 2 aliphatic heterocycles. The van der Waals surface area contributed by atoms with Crippen LogP contribution in [0.2, 0.25) is 0 Å². The molecule has 35 heavy (non-hydrogen) atoms. The van der Waals surface area contributed by atoms with E-state index < -0.39 is 12.2 Å². The minimum absolute atomic E-state index is 0.0553. The third-order valence-electron chi connectivity index (χ3n) is 6.60. The second-order valence-corrected chi connectivity index (χ2v) is 9.35. The van der Waals surface area contributed by atoms with Crippen LogP contribution < -0.4 is 15.1 Å². The van der Waals surface area contributed by atoms with E-state index in [-0.39, 0.29) is 43.4 Å². The van der Waals surface area contributed by atoms with Gasteiger partial charge in [-0.3, -0.25) is 14.5 Å². The molecule has 2 heterocycles. The molecule has 2 aromatic carbocycles. The van der Waals surface area contributed by atoms with E-state index in [4.69, 9.17) is 4.74 Å². The number of hydrogen-bond donors (Lipinski definition) is 1. The molecule has 2 aliphatic rings. The molecule has 2 amide bonds. The molecule has 0 spiro atoms. The molecule has 0 radical (unpaired) electrons. The van der Waals surface area contributed by atoms with Crippen molar-refractivity contribution in [2.45, 2.75) is 52.1 Å². The Bertz CT molecular complexity index is 1110. The number of ether oxygens (including phenoxy) is 1. The van der Waals surface area contributed by atoms with Crippen molar-refractivity contribution in [3.8, 4) is 0 Å². The Labute approximate surface area is 205 Å². The molecular formula is C27H32FN3O4. The fourth-order valence-electron chi connectivity index (χ4n) is 4.70. The Hall–Kier alpha value is -3.42. The van der Waals surface area contributed by atoms with Crippen LogP contribution in [0.5, 0.6) is 0 Å². The maximum atomic E-state index is 14.8. The van der Waals surface area contributed by atoms with Crippen molar-refractivity contribution < 1.29 is 23.5 Å². The first-order valence-electron chi connectivity index (χ1n) is 12.2. The zero-order chi connectivity index (χ0) is 24.9. The Morgan fingerprint density at radius 1 is 1.06 bits per heavy atom. The van der Waals surface area contributed by atoms with Crippen LogP contribution in [-0.4, -0.2) is 50.1 Å². The molecule has 186 valence electrons. The summed E-state index contributed by atoms with van der Waals surface area (Å²) >= 11 is 0. The van der Waals surface area contributed by atoms with Crippen molar-refractivity contribution in [2.24, 2.45) is 0 Å². The Morgan fingerprint density at radius 2 is 1.83 bits per heavy atom. The zero-order valence-corrected chi connectivity index (χ0v) is 20.3. The number of benzene rings is 2. The molecule has 0 aromatic heterocycles. The van der Waals surface area contributed by atoms with Gasteiger partial charge in [-0.1, -0.05) is 23.8 Å². The van der Waals surface area contributed by atoms with Crippen molar-refractivity contribution in [1.82, 2.24) is 5.32 Å². The summed E-state index contributed by atoms with van der Waals surface area (Å²) in [6.45, 7) is 5.86. The topological polar surface area (TPSA) is 79.0 Å². The van der Waals surface area contributed by atoms with Crippen molar-refractivity contribution in [2.75, 3.05) is 36.0 Å². The summed E-state index contributed by atoms with van der Waals surface area (Å²) in [5.41, 5.74) is 3.59. The highest BCUT2D eigenvalue weighted by molar-refractivity contribution is 5.99. The van der Waals surface area contributed by atoms with Crippen LogP contribution in [0.4, 0.5) is 20.6 Å². The molecule has 8 heteroatoms. The smallest absolute Gasteiger partial charge is 0.414 e. The van der Waals surface area contributed by atoms with Gasteiger partial charge in [-0.2, -0.15) is 0 Å². The number of nitrogens with one attached hydrogen (secondary N) is 1. The summed E-state index contributed by atoms with van der Waals surface area (Å²) < 4.78 is 20.1. The maximum absolute atomic E-state index is 14.8. The number of Topliss-reactive ketones (excluding diaryl/α,β-unsaturated/α-hetero) is 1. The molecule has 1 unspecified atom stereocenters. The lowest BCUT2D eigenvalue weighted by Gasteiger charge is -2.29. The molecule has 4 rings (SSSR count). The highest BCUT2D eigenvalue weighted by atomic mass is 19.1. The fourth-order valence-corrected chi connectivity index (χ4v) is 4.70. The summed E-state index contributed by atoms with van der Waals surface area (Å²) in [5.74, 6) is -0.719. The van der Waals surface area contributed by atoms with E-state index in [1.165, 1.54) is 11.0 Å². The number of carbonyl (C=O) groups excluding carboxylic acids is 3. The molecule has 0 aliphatic carbocycles. The summed E-state index contributed by atoms with van der Waals surface area (Å²) in [5, 5.41) is 2.74. The fraction of sp³-hybridized carbons (Fsp3) is 0.444. The first-order chi connectivity index (χ1) is 16.8. The molecule has 1 N–H and O–H groups in total. The first-order valence-corrected chi connectivity index (χ1v) is 12.2. The number of halogens is 1. The van der Waals surface area contributed by atoms with Gasteiger partial charge in [0.15, 0.2) is 5.78 Å². The Morgan fingerprint density at radius 3 is 2.54 bits per heavy atom. The highest BCUT2D eigenvalue weighted by Crippen LogP contribution is 2.29. The minimum Gasteiger partial charge on any atom is -0.442 e. The number of rotatable bonds is 8. The largest absolute Gasteiger partial charge is 0.442 e. The van der Waals surface area contributed by atoms with Crippen molar-refractivity contribution in [1.29, 1.82) is 0 Å². The number of hydrogen-bond acceptors (Lipinski definition) is 5. The summed E-state index contributed by atoms with van der Waals surface area (Å²) in [4.78, 5) is 40.5. The number of ketones is 1. The minimum atomic E-state index is -0.570. The van der Waals surface area contributed by atoms with E-state index in [1.807, 2.05) is 30.9 Å². The van der Waals surface area contributed by atoms with Gasteiger partial charge in [0.25, 0.3) is 0 Å². The van der Waals surface area contributed by atoms with Crippen LogP contribution in [0.3, 0.4) is 0 Å². The van der Waals surface area contributed by atoms with Crippen LogP contribution >= 0.6 is 0 Å². The number of nitrogens with zero attached hydrogens (tertiary/aromatic N) is 2. The van der Waals surface area contributed by atoms with Crippen molar-refractivity contribution in [3.63, 3.8) is 0 Å². The third-order valence-corrected chi connectivity index (χ3v) is 6.60. The second kappa shape index (κ2) is 10.9. The van der Waals surface area contributed by atoms with Crippen LogP contribution in [-0.2, 0) is 9.53 Å². The van der Waals surface area contributed by atoms with Crippen molar-refractivity contribution >= 4 is 29.2 Å². The van der Waals surface area contributed by atoms with E-state index in [1.54, 1.807) is 18.2 Å². The molecule has 0 bridgehead atoms. The molecule has 2 saturated heterocycles. The number of piperidine rings is 1. The van der Waals surface area contributed by atoms with Gasteiger partial charge in [0.2, 0.25) is 5.91 Å². The van der Waals surface area contributed by atoms with Gasteiger partial charge in [-0.25, -0.2) is 9.18 Å². The third kappa shape index (κ3) is 5.99. The molecule has 2 fully saturated rings. The SMILES string of the molecule is Cc1ccc(C(=O)CCC(=O)NCC2CN(c3ccc(N4CCCCC4)c(F)c3)C(=O)O2)c(C)c1. The molecular weight excluding hydrogens is 449 g/mol. The predicted octanol–water partition coefficient (Wildman–Crippen LogP) is 4.54. The molecule has 7 nitrogen and oxygen atoms in total. The average Bonchev–Trinajstić information content (AvgIpc) is 3.22. The normalized spacial score (nSPS) is 17.9. The van der Waals surface area contributed by atoms with Crippen LogP contribution in [0.15, 0.2) is 36.4 Å². The summed E-state index contributed by atoms with van der Waals surface area (Å²) in [6, 6.07) is 10.4. The van der Waals surface area contributed by atoms with Gasteiger partial charge < -0.3 is 15.0 Å². The van der Waals surface area contributed by atoms with E-state index in [2.05, 4.69) is 5.32 Å². The lowest BCUT2D eigenvalue weighted by atomic mass is 9.99. The van der Waals surface area contributed by atoms with E-state index >= 15 is 0 Å².